The highest BCUT2D eigenvalue weighted by Gasteiger charge is 2.17. The summed E-state index contributed by atoms with van der Waals surface area (Å²) in [4.78, 5) is 31.3. The number of carbonyl (C=O) groups is 2. The van der Waals surface area contributed by atoms with Crippen molar-refractivity contribution < 1.29 is 9.59 Å². The molecule has 1 aromatic rings. The van der Waals surface area contributed by atoms with Crippen molar-refractivity contribution in [2.45, 2.75) is 38.6 Å². The fraction of sp³-hybridized carbons (Fsp3) is 0.538. The fourth-order valence-corrected chi connectivity index (χ4v) is 2.02. The third kappa shape index (κ3) is 4.01. The van der Waals surface area contributed by atoms with Crippen molar-refractivity contribution in [1.29, 1.82) is 0 Å². The van der Waals surface area contributed by atoms with Crippen molar-refractivity contribution in [3.05, 3.63) is 23.8 Å². The van der Waals surface area contributed by atoms with E-state index in [2.05, 4.69) is 20.6 Å². The summed E-state index contributed by atoms with van der Waals surface area (Å²) < 4.78 is 0. The molecule has 2 rings (SSSR count). The number of aryl methyl sites for hydroxylation is 1. The highest BCUT2D eigenvalue weighted by Crippen LogP contribution is 2.08. The smallest absolute Gasteiger partial charge is 0.271 e. The number of aromatic nitrogens is 2. The standard InChI is InChI=1S/C13H18N4O2/c1-9-6-15-11(8-14-9)13(19)16-7-10-4-2-3-5-12(18)17-10/h6,8,10H,2-5,7H2,1H3,(H,16,19)(H,17,18). The Bertz CT molecular complexity index is 458. The maximum Gasteiger partial charge on any atom is 0.271 e. The number of hydrogen-bond acceptors (Lipinski definition) is 4. The Balaban J connectivity index is 1.85. The lowest BCUT2D eigenvalue weighted by molar-refractivity contribution is -0.121. The Labute approximate surface area is 112 Å². The van der Waals surface area contributed by atoms with E-state index in [1.165, 1.54) is 6.20 Å². The van der Waals surface area contributed by atoms with Gasteiger partial charge >= 0.3 is 0 Å². The molecule has 2 amide bonds. The van der Waals surface area contributed by atoms with Crippen molar-refractivity contribution in [3.8, 4) is 0 Å². The summed E-state index contributed by atoms with van der Waals surface area (Å²) in [5.41, 5.74) is 1.07. The summed E-state index contributed by atoms with van der Waals surface area (Å²) in [5, 5.41) is 5.69. The molecule has 19 heavy (non-hydrogen) atoms. The lowest BCUT2D eigenvalue weighted by Gasteiger charge is -2.16. The molecule has 0 saturated carbocycles. The second-order valence-electron chi connectivity index (χ2n) is 4.76. The Morgan fingerprint density at radius 2 is 2.26 bits per heavy atom. The molecule has 0 radical (unpaired) electrons. The van der Waals surface area contributed by atoms with Gasteiger partial charge in [0.2, 0.25) is 5.91 Å². The first-order valence-electron chi connectivity index (χ1n) is 6.51. The van der Waals surface area contributed by atoms with Crippen molar-refractivity contribution in [2.75, 3.05) is 6.54 Å². The van der Waals surface area contributed by atoms with Crippen LogP contribution in [0.5, 0.6) is 0 Å². The van der Waals surface area contributed by atoms with E-state index in [0.717, 1.165) is 25.0 Å². The van der Waals surface area contributed by atoms with Crippen LogP contribution in [-0.2, 0) is 4.79 Å². The van der Waals surface area contributed by atoms with Gasteiger partial charge in [0.15, 0.2) is 0 Å². The molecule has 0 spiro atoms. The van der Waals surface area contributed by atoms with Gasteiger partial charge in [0.1, 0.15) is 5.69 Å². The van der Waals surface area contributed by atoms with Crippen LogP contribution in [0.2, 0.25) is 0 Å². The van der Waals surface area contributed by atoms with Gasteiger partial charge in [-0.25, -0.2) is 4.98 Å². The van der Waals surface area contributed by atoms with E-state index < -0.39 is 0 Å². The highest BCUT2D eigenvalue weighted by atomic mass is 16.2. The summed E-state index contributed by atoms with van der Waals surface area (Å²) in [7, 11) is 0. The van der Waals surface area contributed by atoms with E-state index in [4.69, 9.17) is 0 Å². The predicted octanol–water partition coefficient (Wildman–Crippen LogP) is 0.574. The molecule has 1 atom stereocenters. The van der Waals surface area contributed by atoms with Crippen molar-refractivity contribution in [1.82, 2.24) is 20.6 Å². The van der Waals surface area contributed by atoms with E-state index >= 15 is 0 Å². The molecular weight excluding hydrogens is 244 g/mol. The third-order valence-electron chi connectivity index (χ3n) is 3.09. The summed E-state index contributed by atoms with van der Waals surface area (Å²) in [6.07, 6.45) is 6.40. The van der Waals surface area contributed by atoms with Crippen LogP contribution in [0.3, 0.4) is 0 Å². The summed E-state index contributed by atoms with van der Waals surface area (Å²) >= 11 is 0. The van der Waals surface area contributed by atoms with Gasteiger partial charge in [0.05, 0.1) is 11.9 Å². The van der Waals surface area contributed by atoms with Crippen LogP contribution in [0.15, 0.2) is 12.4 Å². The lowest BCUT2D eigenvalue weighted by atomic mass is 10.1. The Kier molecular flexibility index (Phi) is 4.43. The maximum atomic E-state index is 11.8. The third-order valence-corrected chi connectivity index (χ3v) is 3.09. The number of nitrogens with one attached hydrogen (secondary N) is 2. The molecule has 2 N–H and O–H groups in total. The quantitative estimate of drug-likeness (QED) is 0.834. The predicted molar refractivity (Wildman–Crippen MR) is 69.5 cm³/mol. The van der Waals surface area contributed by atoms with Gasteiger partial charge in [-0.2, -0.15) is 0 Å². The average molecular weight is 262 g/mol. The van der Waals surface area contributed by atoms with Gasteiger partial charge in [0.25, 0.3) is 5.91 Å². The van der Waals surface area contributed by atoms with E-state index in [0.29, 0.717) is 18.7 Å². The van der Waals surface area contributed by atoms with Crippen molar-refractivity contribution >= 4 is 11.8 Å². The van der Waals surface area contributed by atoms with Crippen LogP contribution in [0.1, 0.15) is 41.9 Å². The highest BCUT2D eigenvalue weighted by molar-refractivity contribution is 5.91. The minimum atomic E-state index is -0.258. The van der Waals surface area contributed by atoms with Crippen molar-refractivity contribution in [2.24, 2.45) is 0 Å². The van der Waals surface area contributed by atoms with E-state index in [1.807, 2.05) is 6.92 Å². The zero-order valence-corrected chi connectivity index (χ0v) is 11.0. The fourth-order valence-electron chi connectivity index (χ4n) is 2.02. The van der Waals surface area contributed by atoms with Crippen LogP contribution in [-0.4, -0.2) is 34.4 Å². The van der Waals surface area contributed by atoms with Gasteiger partial charge in [0, 0.05) is 25.2 Å². The molecule has 6 heteroatoms. The molecule has 102 valence electrons. The van der Waals surface area contributed by atoms with Gasteiger partial charge < -0.3 is 10.6 Å². The molecule has 1 aliphatic heterocycles. The molecule has 0 aromatic carbocycles. The van der Waals surface area contributed by atoms with E-state index in [9.17, 15) is 9.59 Å². The Hall–Kier alpha value is -1.98. The summed E-state index contributed by atoms with van der Waals surface area (Å²) in [6.45, 7) is 2.25. The molecule has 1 fully saturated rings. The number of rotatable bonds is 3. The van der Waals surface area contributed by atoms with Crippen molar-refractivity contribution in [3.63, 3.8) is 0 Å². The molecular formula is C13H18N4O2. The average Bonchev–Trinajstić information content (AvgIpc) is 2.61. The first kappa shape index (κ1) is 13.5. The molecule has 6 nitrogen and oxygen atoms in total. The normalized spacial score (nSPS) is 19.4. The number of amides is 2. The molecule has 0 aliphatic carbocycles. The van der Waals surface area contributed by atoms with E-state index in [-0.39, 0.29) is 17.9 Å². The second kappa shape index (κ2) is 6.26. The monoisotopic (exact) mass is 262 g/mol. The Morgan fingerprint density at radius 1 is 1.42 bits per heavy atom. The number of nitrogens with zero attached hydrogens (tertiary/aromatic N) is 2. The zero-order chi connectivity index (χ0) is 13.7. The minimum absolute atomic E-state index is 0.0114. The summed E-state index contributed by atoms with van der Waals surface area (Å²) in [6, 6.07) is 0.0114. The molecule has 0 bridgehead atoms. The van der Waals surface area contributed by atoms with Gasteiger partial charge in [-0.3, -0.25) is 14.6 Å². The van der Waals surface area contributed by atoms with Crippen LogP contribution in [0.4, 0.5) is 0 Å². The maximum absolute atomic E-state index is 11.8. The molecule has 2 heterocycles. The van der Waals surface area contributed by atoms with Gasteiger partial charge in [-0.15, -0.1) is 0 Å². The van der Waals surface area contributed by atoms with Crippen LogP contribution in [0, 0.1) is 6.92 Å². The van der Waals surface area contributed by atoms with E-state index in [1.54, 1.807) is 6.20 Å². The zero-order valence-electron chi connectivity index (χ0n) is 11.0. The second-order valence-corrected chi connectivity index (χ2v) is 4.76. The molecule has 1 unspecified atom stereocenters. The minimum Gasteiger partial charge on any atom is -0.352 e. The first-order chi connectivity index (χ1) is 9.15. The summed E-state index contributed by atoms with van der Waals surface area (Å²) in [5.74, 6) is -0.196. The number of carbonyl (C=O) groups excluding carboxylic acids is 2. The van der Waals surface area contributed by atoms with Crippen LogP contribution < -0.4 is 10.6 Å². The SMILES string of the molecule is Cc1cnc(C(=O)NCC2CCCCC(=O)N2)cn1. The first-order valence-corrected chi connectivity index (χ1v) is 6.51. The van der Waals surface area contributed by atoms with Gasteiger partial charge in [-0.1, -0.05) is 6.42 Å². The van der Waals surface area contributed by atoms with Crippen LogP contribution >= 0.6 is 0 Å². The Morgan fingerprint density at radius 3 is 3.00 bits per heavy atom. The lowest BCUT2D eigenvalue weighted by Crippen LogP contribution is -2.42. The molecule has 1 aromatic heterocycles. The number of hydrogen-bond donors (Lipinski definition) is 2. The topological polar surface area (TPSA) is 84.0 Å². The largest absolute Gasteiger partial charge is 0.352 e. The van der Waals surface area contributed by atoms with Crippen LogP contribution in [0.25, 0.3) is 0 Å². The molecule has 1 saturated heterocycles. The van der Waals surface area contributed by atoms with Gasteiger partial charge in [-0.05, 0) is 19.8 Å². The molecule has 1 aliphatic rings.